The number of nitrogens with one attached hydrogen (secondary N) is 1. The van der Waals surface area contributed by atoms with Gasteiger partial charge in [-0.3, -0.25) is 4.79 Å². The number of hydrogen-bond acceptors (Lipinski definition) is 3. The van der Waals surface area contributed by atoms with Gasteiger partial charge in [0, 0.05) is 44.7 Å². The molecule has 1 N–H and O–H groups in total. The van der Waals surface area contributed by atoms with Crippen molar-refractivity contribution < 1.29 is 9.18 Å². The van der Waals surface area contributed by atoms with Crippen LogP contribution in [0.25, 0.3) is 0 Å². The molecule has 1 aromatic carbocycles. The van der Waals surface area contributed by atoms with Gasteiger partial charge in [-0.15, -0.1) is 0 Å². The van der Waals surface area contributed by atoms with Gasteiger partial charge in [-0.1, -0.05) is 12.1 Å². The summed E-state index contributed by atoms with van der Waals surface area (Å²) >= 11 is 0. The molecule has 0 aliphatic carbocycles. The fraction of sp³-hybridized carbons (Fsp3) is 0.462. The smallest absolute Gasteiger partial charge is 0.164 e. The van der Waals surface area contributed by atoms with E-state index in [1.165, 1.54) is 12.1 Å². The summed E-state index contributed by atoms with van der Waals surface area (Å²) in [5.74, 6) is -0.332. The van der Waals surface area contributed by atoms with Crippen LogP contribution in [0.5, 0.6) is 0 Å². The summed E-state index contributed by atoms with van der Waals surface area (Å²) in [6.07, 6.45) is 0.462. The highest BCUT2D eigenvalue weighted by Gasteiger charge is 2.12. The monoisotopic (exact) mass is 236 g/mol. The van der Waals surface area contributed by atoms with Crippen molar-refractivity contribution in [2.45, 2.75) is 6.42 Å². The first-order chi connectivity index (χ1) is 8.25. The standard InChI is InChI=1S/C13H17FN2O/c14-12-3-1-2-11(10-12)13(17)4-7-16-8-5-15-6-9-16/h1-3,10,15H,4-9H2. The normalized spacial score (nSPS) is 17.0. The third-order valence-electron chi connectivity index (χ3n) is 3.01. The van der Waals surface area contributed by atoms with Crippen molar-refractivity contribution in [1.82, 2.24) is 10.2 Å². The summed E-state index contributed by atoms with van der Waals surface area (Å²) in [5, 5.41) is 3.27. The molecule has 1 aliphatic rings. The highest BCUT2D eigenvalue weighted by atomic mass is 19.1. The molecule has 17 heavy (non-hydrogen) atoms. The van der Waals surface area contributed by atoms with Gasteiger partial charge < -0.3 is 10.2 Å². The number of piperazine rings is 1. The first-order valence-electron chi connectivity index (χ1n) is 5.97. The minimum absolute atomic E-state index is 0.0167. The van der Waals surface area contributed by atoms with E-state index in [-0.39, 0.29) is 11.6 Å². The van der Waals surface area contributed by atoms with Gasteiger partial charge in [-0.05, 0) is 12.1 Å². The molecule has 4 heteroatoms. The second-order valence-electron chi connectivity index (χ2n) is 4.28. The maximum absolute atomic E-state index is 13.0. The van der Waals surface area contributed by atoms with Gasteiger partial charge in [-0.25, -0.2) is 4.39 Å². The summed E-state index contributed by atoms with van der Waals surface area (Å²) in [6.45, 7) is 4.69. The van der Waals surface area contributed by atoms with Gasteiger partial charge in [0.2, 0.25) is 0 Å². The molecule has 0 unspecified atom stereocenters. The fourth-order valence-corrected chi connectivity index (χ4v) is 2.00. The molecule has 0 saturated carbocycles. The van der Waals surface area contributed by atoms with Crippen LogP contribution in [0.2, 0.25) is 0 Å². The van der Waals surface area contributed by atoms with Gasteiger partial charge in [0.15, 0.2) is 5.78 Å². The summed E-state index contributed by atoms with van der Waals surface area (Å²) in [4.78, 5) is 14.1. The summed E-state index contributed by atoms with van der Waals surface area (Å²) < 4.78 is 13.0. The number of nitrogens with zero attached hydrogens (tertiary/aromatic N) is 1. The quantitative estimate of drug-likeness (QED) is 0.800. The highest BCUT2D eigenvalue weighted by molar-refractivity contribution is 5.96. The van der Waals surface area contributed by atoms with Crippen LogP contribution in [0, 0.1) is 5.82 Å². The molecule has 92 valence electrons. The van der Waals surface area contributed by atoms with E-state index in [0.29, 0.717) is 12.0 Å². The third kappa shape index (κ3) is 3.61. The van der Waals surface area contributed by atoms with Crippen molar-refractivity contribution in [3.8, 4) is 0 Å². The molecule has 0 spiro atoms. The minimum atomic E-state index is -0.349. The zero-order valence-corrected chi connectivity index (χ0v) is 9.79. The van der Waals surface area contributed by atoms with Crippen LogP contribution in [0.3, 0.4) is 0 Å². The first kappa shape index (κ1) is 12.2. The number of halogens is 1. The van der Waals surface area contributed by atoms with Gasteiger partial charge >= 0.3 is 0 Å². The number of ketones is 1. The number of rotatable bonds is 4. The van der Waals surface area contributed by atoms with E-state index in [2.05, 4.69) is 10.2 Å². The molecule has 2 rings (SSSR count). The van der Waals surface area contributed by atoms with Crippen LogP contribution >= 0.6 is 0 Å². The van der Waals surface area contributed by atoms with Crippen molar-refractivity contribution >= 4 is 5.78 Å². The number of carbonyl (C=O) groups excluding carboxylic acids is 1. The summed E-state index contributed by atoms with van der Waals surface area (Å²) in [5.41, 5.74) is 0.472. The fourth-order valence-electron chi connectivity index (χ4n) is 2.00. The van der Waals surface area contributed by atoms with E-state index in [0.717, 1.165) is 32.7 Å². The van der Waals surface area contributed by atoms with Gasteiger partial charge in [0.1, 0.15) is 5.82 Å². The molecule has 0 amide bonds. The van der Waals surface area contributed by atoms with Gasteiger partial charge in [0.05, 0.1) is 0 Å². The van der Waals surface area contributed by atoms with Crippen LogP contribution < -0.4 is 5.32 Å². The number of Topliss-reactive ketones (excluding diaryl/α,β-unsaturated/α-hetero) is 1. The Labute approximate surface area is 101 Å². The maximum atomic E-state index is 13.0. The van der Waals surface area contributed by atoms with Crippen LogP contribution in [0.4, 0.5) is 4.39 Å². The number of carbonyl (C=O) groups is 1. The van der Waals surface area contributed by atoms with E-state index >= 15 is 0 Å². The number of hydrogen-bond donors (Lipinski definition) is 1. The average molecular weight is 236 g/mol. The molecule has 0 atom stereocenters. The Morgan fingerprint density at radius 2 is 2.12 bits per heavy atom. The largest absolute Gasteiger partial charge is 0.314 e. The molecular formula is C13H17FN2O. The van der Waals surface area contributed by atoms with E-state index in [1.807, 2.05) is 0 Å². The Morgan fingerprint density at radius 1 is 1.35 bits per heavy atom. The van der Waals surface area contributed by atoms with Gasteiger partial charge in [-0.2, -0.15) is 0 Å². The second-order valence-corrected chi connectivity index (χ2v) is 4.28. The first-order valence-corrected chi connectivity index (χ1v) is 5.97. The lowest BCUT2D eigenvalue weighted by molar-refractivity contribution is 0.0960. The molecule has 0 aromatic heterocycles. The Bertz CT molecular complexity index is 389. The van der Waals surface area contributed by atoms with E-state index < -0.39 is 0 Å². The maximum Gasteiger partial charge on any atom is 0.164 e. The molecular weight excluding hydrogens is 219 g/mol. The Morgan fingerprint density at radius 3 is 2.82 bits per heavy atom. The van der Waals surface area contributed by atoms with E-state index in [9.17, 15) is 9.18 Å². The summed E-state index contributed by atoms with van der Waals surface area (Å²) in [7, 11) is 0. The van der Waals surface area contributed by atoms with Crippen molar-refractivity contribution in [2.24, 2.45) is 0 Å². The predicted octanol–water partition coefficient (Wildman–Crippen LogP) is 1.30. The second kappa shape index (κ2) is 5.89. The summed E-state index contributed by atoms with van der Waals surface area (Å²) in [6, 6.07) is 5.91. The Hall–Kier alpha value is -1.26. The Kier molecular flexibility index (Phi) is 4.23. The predicted molar refractivity (Wildman–Crippen MR) is 64.7 cm³/mol. The average Bonchev–Trinajstić information content (AvgIpc) is 2.37. The molecule has 1 heterocycles. The Balaban J connectivity index is 1.84. The molecule has 1 aliphatic heterocycles. The van der Waals surface area contributed by atoms with Crippen LogP contribution in [0.15, 0.2) is 24.3 Å². The van der Waals surface area contributed by atoms with Crippen molar-refractivity contribution in [2.75, 3.05) is 32.7 Å². The SMILES string of the molecule is O=C(CCN1CCNCC1)c1cccc(F)c1. The highest BCUT2D eigenvalue weighted by Crippen LogP contribution is 2.07. The van der Waals surface area contributed by atoms with Crippen molar-refractivity contribution in [3.63, 3.8) is 0 Å². The molecule has 0 radical (unpaired) electrons. The van der Waals surface area contributed by atoms with Gasteiger partial charge in [0.25, 0.3) is 0 Å². The lowest BCUT2D eigenvalue weighted by Crippen LogP contribution is -2.44. The van der Waals surface area contributed by atoms with Crippen LogP contribution in [-0.4, -0.2) is 43.4 Å². The van der Waals surface area contributed by atoms with Crippen molar-refractivity contribution in [3.05, 3.63) is 35.6 Å². The number of benzene rings is 1. The van der Waals surface area contributed by atoms with E-state index in [4.69, 9.17) is 0 Å². The molecule has 3 nitrogen and oxygen atoms in total. The molecule has 1 fully saturated rings. The lowest BCUT2D eigenvalue weighted by Gasteiger charge is -2.26. The lowest BCUT2D eigenvalue weighted by atomic mass is 10.1. The van der Waals surface area contributed by atoms with Crippen LogP contribution in [-0.2, 0) is 0 Å². The molecule has 1 saturated heterocycles. The minimum Gasteiger partial charge on any atom is -0.314 e. The topological polar surface area (TPSA) is 32.3 Å². The van der Waals surface area contributed by atoms with Crippen LogP contribution in [0.1, 0.15) is 16.8 Å². The van der Waals surface area contributed by atoms with Crippen molar-refractivity contribution in [1.29, 1.82) is 0 Å². The molecule has 0 bridgehead atoms. The van der Waals surface area contributed by atoms with E-state index in [1.54, 1.807) is 12.1 Å². The zero-order valence-electron chi connectivity index (χ0n) is 9.79. The third-order valence-corrected chi connectivity index (χ3v) is 3.01. The zero-order chi connectivity index (χ0) is 12.1. The molecule has 1 aromatic rings.